The molecule has 1 aromatic rings. The van der Waals surface area contributed by atoms with Crippen LogP contribution in [0.25, 0.3) is 0 Å². The predicted octanol–water partition coefficient (Wildman–Crippen LogP) is 3.11. The second-order valence-electron chi connectivity index (χ2n) is 3.20. The summed E-state index contributed by atoms with van der Waals surface area (Å²) in [5.41, 5.74) is 1.35. The third-order valence-corrected chi connectivity index (χ3v) is 3.18. The van der Waals surface area contributed by atoms with Crippen LogP contribution in [0.2, 0.25) is 0 Å². The molecule has 0 aliphatic heterocycles. The molecule has 0 unspecified atom stereocenters. The Kier molecular flexibility index (Phi) is 1.86. The van der Waals surface area contributed by atoms with Crippen molar-refractivity contribution in [3.63, 3.8) is 0 Å². The molecule has 0 amide bonds. The summed E-state index contributed by atoms with van der Waals surface area (Å²) in [6, 6.07) is 1.92. The smallest absolute Gasteiger partial charge is 0.171 e. The van der Waals surface area contributed by atoms with E-state index in [1.54, 1.807) is 0 Å². The molecule has 0 spiro atoms. The molecule has 1 nitrogen and oxygen atoms in total. The lowest BCUT2D eigenvalue weighted by Crippen LogP contribution is -1.87. The first-order valence-electron chi connectivity index (χ1n) is 4.13. The maximum Gasteiger partial charge on any atom is 0.171 e. The van der Waals surface area contributed by atoms with Gasteiger partial charge in [-0.1, -0.05) is 12.8 Å². The monoisotopic (exact) mass is 168 g/mol. The molecule has 1 aliphatic carbocycles. The fraction of sp³-hybridized carbons (Fsp3) is 0.556. The minimum Gasteiger partial charge on any atom is -0.499 e. The van der Waals surface area contributed by atoms with Gasteiger partial charge in [0.1, 0.15) is 0 Å². The Labute approximate surface area is 70.7 Å². The normalized spacial score (nSPS) is 19.3. The molecule has 0 radical (unpaired) electrons. The molecule has 1 aromatic heterocycles. The zero-order valence-corrected chi connectivity index (χ0v) is 7.23. The van der Waals surface area contributed by atoms with Crippen molar-refractivity contribution >= 4 is 11.3 Å². The molecular weight excluding hydrogens is 156 g/mol. The minimum absolute atomic E-state index is 0.465. The first kappa shape index (κ1) is 7.17. The van der Waals surface area contributed by atoms with Crippen LogP contribution in [0.4, 0.5) is 0 Å². The van der Waals surface area contributed by atoms with E-state index in [-0.39, 0.29) is 0 Å². The number of rotatable bonds is 1. The molecule has 2 rings (SSSR count). The van der Waals surface area contributed by atoms with Gasteiger partial charge in [-0.25, -0.2) is 0 Å². The Morgan fingerprint density at radius 1 is 1.36 bits per heavy atom. The van der Waals surface area contributed by atoms with Crippen LogP contribution < -0.4 is 0 Å². The van der Waals surface area contributed by atoms with E-state index in [0.717, 1.165) is 5.92 Å². The van der Waals surface area contributed by atoms with E-state index >= 15 is 0 Å². The van der Waals surface area contributed by atoms with Gasteiger partial charge in [-0.3, -0.25) is 0 Å². The number of thiophene rings is 1. The zero-order chi connectivity index (χ0) is 7.68. The van der Waals surface area contributed by atoms with Gasteiger partial charge in [-0.15, -0.1) is 11.3 Å². The van der Waals surface area contributed by atoms with Crippen molar-refractivity contribution in [2.24, 2.45) is 0 Å². The third kappa shape index (κ3) is 1.41. The van der Waals surface area contributed by atoms with Gasteiger partial charge < -0.3 is 5.11 Å². The molecule has 1 heterocycles. The average molecular weight is 168 g/mol. The summed E-state index contributed by atoms with van der Waals surface area (Å²) in [6.45, 7) is 0. The maximum atomic E-state index is 9.13. The summed E-state index contributed by atoms with van der Waals surface area (Å²) < 4.78 is 0. The summed E-state index contributed by atoms with van der Waals surface area (Å²) in [4.78, 5) is 0. The quantitative estimate of drug-likeness (QED) is 0.683. The highest BCUT2D eigenvalue weighted by molar-refractivity contribution is 7.11. The molecule has 1 fully saturated rings. The summed E-state index contributed by atoms with van der Waals surface area (Å²) >= 11 is 1.45. The van der Waals surface area contributed by atoms with Gasteiger partial charge in [0.05, 0.1) is 0 Å². The van der Waals surface area contributed by atoms with E-state index in [1.165, 1.54) is 42.6 Å². The van der Waals surface area contributed by atoms with Crippen LogP contribution >= 0.6 is 11.3 Å². The highest BCUT2D eigenvalue weighted by atomic mass is 32.1. The molecule has 11 heavy (non-hydrogen) atoms. The lowest BCUT2D eigenvalue weighted by atomic mass is 10.0. The van der Waals surface area contributed by atoms with Gasteiger partial charge in [0.25, 0.3) is 0 Å². The van der Waals surface area contributed by atoms with Crippen molar-refractivity contribution < 1.29 is 5.11 Å². The zero-order valence-electron chi connectivity index (χ0n) is 6.42. The first-order valence-corrected chi connectivity index (χ1v) is 5.01. The fourth-order valence-electron chi connectivity index (χ4n) is 1.81. The van der Waals surface area contributed by atoms with Crippen molar-refractivity contribution in [1.82, 2.24) is 0 Å². The van der Waals surface area contributed by atoms with Crippen LogP contribution in [-0.4, -0.2) is 5.11 Å². The average Bonchev–Trinajstić information content (AvgIpc) is 2.55. The molecule has 1 N–H and O–H groups in total. The summed E-state index contributed by atoms with van der Waals surface area (Å²) in [5.74, 6) is 0.743. The predicted molar refractivity (Wildman–Crippen MR) is 47.2 cm³/mol. The van der Waals surface area contributed by atoms with Gasteiger partial charge >= 0.3 is 0 Å². The highest BCUT2D eigenvalue weighted by Gasteiger charge is 2.17. The third-order valence-electron chi connectivity index (χ3n) is 2.43. The second-order valence-corrected chi connectivity index (χ2v) is 4.09. The summed E-state index contributed by atoms with van der Waals surface area (Å²) in [6.07, 6.45) is 5.36. The van der Waals surface area contributed by atoms with Crippen molar-refractivity contribution in [3.05, 3.63) is 17.0 Å². The Balaban J connectivity index is 2.15. The van der Waals surface area contributed by atoms with E-state index in [4.69, 9.17) is 5.11 Å². The largest absolute Gasteiger partial charge is 0.499 e. The van der Waals surface area contributed by atoms with Crippen LogP contribution in [0.1, 0.15) is 37.2 Å². The summed E-state index contributed by atoms with van der Waals surface area (Å²) in [7, 11) is 0. The first-order chi connectivity index (χ1) is 5.36. The number of hydrogen-bond acceptors (Lipinski definition) is 2. The Hall–Kier alpha value is -0.500. The van der Waals surface area contributed by atoms with Gasteiger partial charge in [-0.05, 0) is 35.8 Å². The van der Waals surface area contributed by atoms with E-state index in [0.29, 0.717) is 5.06 Å². The molecule has 1 saturated carbocycles. The van der Waals surface area contributed by atoms with Crippen molar-refractivity contribution in [2.75, 3.05) is 0 Å². The molecule has 60 valence electrons. The van der Waals surface area contributed by atoms with Crippen LogP contribution in [-0.2, 0) is 0 Å². The number of aromatic hydroxyl groups is 1. The van der Waals surface area contributed by atoms with E-state index < -0.39 is 0 Å². The van der Waals surface area contributed by atoms with E-state index in [2.05, 4.69) is 5.38 Å². The Bertz CT molecular complexity index is 235. The molecule has 1 aliphatic rings. The van der Waals surface area contributed by atoms with Crippen LogP contribution in [0.5, 0.6) is 5.06 Å². The van der Waals surface area contributed by atoms with Crippen LogP contribution in [0, 0.1) is 0 Å². The van der Waals surface area contributed by atoms with Crippen molar-refractivity contribution in [2.45, 2.75) is 31.6 Å². The van der Waals surface area contributed by atoms with E-state index in [1.807, 2.05) is 6.07 Å². The number of hydrogen-bond donors (Lipinski definition) is 1. The fourth-order valence-corrected chi connectivity index (χ4v) is 2.53. The van der Waals surface area contributed by atoms with Gasteiger partial charge in [-0.2, -0.15) is 0 Å². The molecular formula is C9H12OS. The molecule has 0 aromatic carbocycles. The lowest BCUT2D eigenvalue weighted by molar-refractivity contribution is 0.490. The van der Waals surface area contributed by atoms with Crippen molar-refractivity contribution in [1.29, 1.82) is 0 Å². The van der Waals surface area contributed by atoms with Crippen molar-refractivity contribution in [3.8, 4) is 5.06 Å². The van der Waals surface area contributed by atoms with E-state index in [9.17, 15) is 0 Å². The van der Waals surface area contributed by atoms with Crippen LogP contribution in [0.15, 0.2) is 11.4 Å². The maximum absolute atomic E-state index is 9.13. The Morgan fingerprint density at radius 2 is 2.09 bits per heavy atom. The topological polar surface area (TPSA) is 20.2 Å². The molecule has 0 atom stereocenters. The molecule has 0 saturated heterocycles. The molecule has 2 heteroatoms. The standard InChI is InChI=1S/C9H12OS/c10-9-5-8(6-11-9)7-3-1-2-4-7/h5-7,10H,1-4H2. The minimum atomic E-state index is 0.465. The van der Waals surface area contributed by atoms with Crippen LogP contribution in [0.3, 0.4) is 0 Å². The van der Waals surface area contributed by atoms with Gasteiger partial charge in [0, 0.05) is 0 Å². The highest BCUT2D eigenvalue weighted by Crippen LogP contribution is 2.37. The SMILES string of the molecule is Oc1cc(C2CCCC2)cs1. The second kappa shape index (κ2) is 2.86. The van der Waals surface area contributed by atoms with Gasteiger partial charge in [0.15, 0.2) is 5.06 Å². The van der Waals surface area contributed by atoms with Gasteiger partial charge in [0.2, 0.25) is 0 Å². The summed E-state index contributed by atoms with van der Waals surface area (Å²) in [5, 5.41) is 11.7. The molecule has 0 bridgehead atoms. The Morgan fingerprint density at radius 3 is 2.64 bits per heavy atom. The lowest BCUT2D eigenvalue weighted by Gasteiger charge is -2.03.